The summed E-state index contributed by atoms with van der Waals surface area (Å²) in [5.74, 6) is -0.326. The number of fused-ring (bicyclic) bond motifs is 1. The predicted molar refractivity (Wildman–Crippen MR) is 158 cm³/mol. The van der Waals surface area contributed by atoms with E-state index in [1.807, 2.05) is 0 Å². The smallest absolute Gasteiger partial charge is 0.388 e. The highest BCUT2D eigenvalue weighted by atomic mass is 19.4. The fourth-order valence-corrected chi connectivity index (χ4v) is 6.89. The Morgan fingerprint density at radius 1 is 0.837 bits per heavy atom. The number of halogens is 5. The van der Waals surface area contributed by atoms with Crippen molar-refractivity contribution in [3.05, 3.63) is 112 Å². The summed E-state index contributed by atoms with van der Waals surface area (Å²) >= 11 is 0. The summed E-state index contributed by atoms with van der Waals surface area (Å²) in [6.07, 6.45) is -1.86. The second-order valence-corrected chi connectivity index (χ2v) is 12.8. The van der Waals surface area contributed by atoms with Crippen LogP contribution in [0.1, 0.15) is 97.8 Å². The predicted octanol–water partition coefficient (Wildman–Crippen LogP) is 10.3. The molecule has 224 valence electrons. The Kier molecular flexibility index (Phi) is 7.66. The lowest BCUT2D eigenvalue weighted by Gasteiger charge is -2.37. The molecular weight excluding hydrogens is 557 g/mol. The van der Waals surface area contributed by atoms with Crippen LogP contribution in [-0.2, 0) is 12.6 Å². The number of aliphatic hydroxyl groups is 1. The van der Waals surface area contributed by atoms with Crippen molar-refractivity contribution in [2.24, 2.45) is 5.41 Å². The molecule has 6 rings (SSSR count). The molecule has 4 aromatic rings. The van der Waals surface area contributed by atoms with Gasteiger partial charge in [0.1, 0.15) is 5.82 Å². The van der Waals surface area contributed by atoms with Gasteiger partial charge in [-0.05, 0) is 83.2 Å². The normalized spacial score (nSPS) is 19.3. The first-order valence-electron chi connectivity index (χ1n) is 14.8. The fourth-order valence-electron chi connectivity index (χ4n) is 6.89. The standard InChI is InChI=1S/C36H34F5NO/c1-35(2)19-28-31(29(43)20-35)30(23-13-17-27(37)18-14-23)32(34(42-28)25-5-3-4-6-25)33(38)24-9-7-21(8-10-24)22-11-15-26(16-12-22)36(39,40)41/h7-18,25,29,33,43H,3-6,19-20H2,1-2H3. The molecule has 2 atom stereocenters. The van der Waals surface area contributed by atoms with Crippen LogP contribution in [0.5, 0.6) is 0 Å². The van der Waals surface area contributed by atoms with Crippen LogP contribution in [0.2, 0.25) is 0 Å². The molecule has 2 aliphatic rings. The van der Waals surface area contributed by atoms with Crippen LogP contribution < -0.4 is 0 Å². The van der Waals surface area contributed by atoms with Crippen molar-refractivity contribution in [2.45, 2.75) is 76.7 Å². The molecule has 1 heterocycles. The van der Waals surface area contributed by atoms with Crippen molar-refractivity contribution in [2.75, 3.05) is 0 Å². The van der Waals surface area contributed by atoms with E-state index < -0.39 is 29.8 Å². The van der Waals surface area contributed by atoms with Gasteiger partial charge in [-0.3, -0.25) is 4.98 Å². The Morgan fingerprint density at radius 3 is 1.98 bits per heavy atom. The number of aliphatic hydroxyl groups excluding tert-OH is 1. The highest BCUT2D eigenvalue weighted by Gasteiger charge is 2.39. The molecule has 0 saturated heterocycles. The van der Waals surface area contributed by atoms with Crippen molar-refractivity contribution in [1.82, 2.24) is 4.98 Å². The van der Waals surface area contributed by atoms with E-state index >= 15 is 4.39 Å². The number of aromatic nitrogens is 1. The molecule has 0 aliphatic heterocycles. The molecule has 2 nitrogen and oxygen atoms in total. The molecule has 0 bridgehead atoms. The van der Waals surface area contributed by atoms with Gasteiger partial charge < -0.3 is 5.11 Å². The topological polar surface area (TPSA) is 33.1 Å². The van der Waals surface area contributed by atoms with E-state index in [-0.39, 0.29) is 11.3 Å². The van der Waals surface area contributed by atoms with E-state index in [2.05, 4.69) is 13.8 Å². The van der Waals surface area contributed by atoms with Crippen LogP contribution in [-0.4, -0.2) is 10.1 Å². The van der Waals surface area contributed by atoms with Gasteiger partial charge in [-0.15, -0.1) is 0 Å². The molecule has 1 N–H and O–H groups in total. The van der Waals surface area contributed by atoms with Gasteiger partial charge in [-0.2, -0.15) is 13.2 Å². The van der Waals surface area contributed by atoms with Crippen molar-refractivity contribution in [3.63, 3.8) is 0 Å². The molecule has 0 spiro atoms. The number of nitrogens with zero attached hydrogens (tertiary/aromatic N) is 1. The SMILES string of the molecule is CC1(C)Cc2nc(C3CCCC3)c(C(F)c3ccc(-c4ccc(C(F)(F)F)cc4)cc3)c(-c3ccc(F)cc3)c2C(O)C1. The maximum Gasteiger partial charge on any atom is 0.416 e. The Labute approximate surface area is 248 Å². The van der Waals surface area contributed by atoms with Crippen LogP contribution in [0.4, 0.5) is 22.0 Å². The number of rotatable bonds is 5. The van der Waals surface area contributed by atoms with Gasteiger partial charge in [0.2, 0.25) is 0 Å². The van der Waals surface area contributed by atoms with Crippen LogP contribution in [0.25, 0.3) is 22.3 Å². The Morgan fingerprint density at radius 2 is 1.40 bits per heavy atom. The van der Waals surface area contributed by atoms with Crippen LogP contribution in [0.3, 0.4) is 0 Å². The summed E-state index contributed by atoms with van der Waals surface area (Å²) in [7, 11) is 0. The Balaban J connectivity index is 1.49. The molecule has 2 unspecified atom stereocenters. The van der Waals surface area contributed by atoms with Crippen molar-refractivity contribution >= 4 is 0 Å². The van der Waals surface area contributed by atoms with Crippen LogP contribution in [0.15, 0.2) is 72.8 Å². The third-order valence-electron chi connectivity index (χ3n) is 8.98. The third-order valence-corrected chi connectivity index (χ3v) is 8.98. The first-order valence-corrected chi connectivity index (χ1v) is 14.8. The zero-order chi connectivity index (χ0) is 30.5. The number of benzene rings is 3. The van der Waals surface area contributed by atoms with E-state index in [1.165, 1.54) is 24.3 Å². The second-order valence-electron chi connectivity index (χ2n) is 12.8. The molecule has 7 heteroatoms. The summed E-state index contributed by atoms with van der Waals surface area (Å²) in [5.41, 5.74) is 4.47. The molecule has 1 saturated carbocycles. The molecule has 0 amide bonds. The van der Waals surface area contributed by atoms with Crippen molar-refractivity contribution in [3.8, 4) is 22.3 Å². The van der Waals surface area contributed by atoms with Crippen molar-refractivity contribution in [1.29, 1.82) is 0 Å². The minimum Gasteiger partial charge on any atom is -0.388 e. The zero-order valence-corrected chi connectivity index (χ0v) is 24.2. The number of hydrogen-bond acceptors (Lipinski definition) is 2. The first-order chi connectivity index (χ1) is 20.4. The van der Waals surface area contributed by atoms with Gasteiger partial charge in [0, 0.05) is 22.7 Å². The highest BCUT2D eigenvalue weighted by Crippen LogP contribution is 2.51. The molecule has 43 heavy (non-hydrogen) atoms. The first kappa shape index (κ1) is 29.5. The van der Waals surface area contributed by atoms with Crippen LogP contribution in [0, 0.1) is 11.2 Å². The summed E-state index contributed by atoms with van der Waals surface area (Å²) in [6.45, 7) is 4.19. The summed E-state index contributed by atoms with van der Waals surface area (Å²) in [6, 6.07) is 17.6. The molecule has 0 radical (unpaired) electrons. The van der Waals surface area contributed by atoms with Gasteiger partial charge in [0.25, 0.3) is 0 Å². The second kappa shape index (κ2) is 11.2. The van der Waals surface area contributed by atoms with E-state index in [0.29, 0.717) is 57.5 Å². The Bertz CT molecular complexity index is 1600. The summed E-state index contributed by atoms with van der Waals surface area (Å²) in [5, 5.41) is 11.5. The van der Waals surface area contributed by atoms with E-state index in [4.69, 9.17) is 4.98 Å². The molecule has 2 aliphatic carbocycles. The van der Waals surface area contributed by atoms with Gasteiger partial charge in [0.15, 0.2) is 6.17 Å². The monoisotopic (exact) mass is 591 g/mol. The minimum absolute atomic E-state index is 0.0753. The average Bonchev–Trinajstić information content (AvgIpc) is 3.51. The van der Waals surface area contributed by atoms with Crippen LogP contribution >= 0.6 is 0 Å². The van der Waals surface area contributed by atoms with E-state index in [1.54, 1.807) is 36.4 Å². The van der Waals surface area contributed by atoms with Gasteiger partial charge in [-0.25, -0.2) is 8.78 Å². The summed E-state index contributed by atoms with van der Waals surface area (Å²) in [4.78, 5) is 5.12. The fraction of sp³-hybridized carbons (Fsp3) is 0.361. The minimum atomic E-state index is -4.42. The van der Waals surface area contributed by atoms with E-state index in [9.17, 15) is 22.7 Å². The lowest BCUT2D eigenvalue weighted by atomic mass is 9.71. The quantitative estimate of drug-likeness (QED) is 0.234. The average molecular weight is 592 g/mol. The maximum absolute atomic E-state index is 17.1. The lowest BCUT2D eigenvalue weighted by Crippen LogP contribution is -2.29. The highest BCUT2D eigenvalue weighted by molar-refractivity contribution is 5.75. The molecular formula is C36H34F5NO. The zero-order valence-electron chi connectivity index (χ0n) is 24.2. The molecule has 1 fully saturated rings. The number of alkyl halides is 4. The van der Waals surface area contributed by atoms with Gasteiger partial charge >= 0.3 is 6.18 Å². The largest absolute Gasteiger partial charge is 0.416 e. The Hall–Kier alpha value is -3.58. The summed E-state index contributed by atoms with van der Waals surface area (Å²) < 4.78 is 70.2. The number of hydrogen-bond donors (Lipinski definition) is 1. The lowest BCUT2D eigenvalue weighted by molar-refractivity contribution is -0.137. The maximum atomic E-state index is 17.1. The molecule has 1 aromatic heterocycles. The third kappa shape index (κ3) is 5.84. The molecule has 3 aromatic carbocycles. The van der Waals surface area contributed by atoms with Crippen molar-refractivity contribution < 1.29 is 27.1 Å². The van der Waals surface area contributed by atoms with Gasteiger partial charge in [0.05, 0.1) is 17.4 Å². The van der Waals surface area contributed by atoms with E-state index in [0.717, 1.165) is 43.5 Å². The van der Waals surface area contributed by atoms with Gasteiger partial charge in [-0.1, -0.05) is 75.2 Å². The number of pyridine rings is 1.